The second kappa shape index (κ2) is 6.92. The summed E-state index contributed by atoms with van der Waals surface area (Å²) in [6, 6.07) is 9.40. The van der Waals surface area contributed by atoms with Gasteiger partial charge in [-0.05, 0) is 51.0 Å². The van der Waals surface area contributed by atoms with Crippen LogP contribution in [0.2, 0.25) is 0 Å². The molecule has 1 aliphatic heterocycles. The van der Waals surface area contributed by atoms with Crippen LogP contribution in [-0.2, 0) is 6.42 Å². The Hall–Kier alpha value is -1.06. The van der Waals surface area contributed by atoms with Gasteiger partial charge in [0.2, 0.25) is 0 Å². The van der Waals surface area contributed by atoms with Gasteiger partial charge in [-0.3, -0.25) is 0 Å². The van der Waals surface area contributed by atoms with Gasteiger partial charge < -0.3 is 15.5 Å². The number of hydrogen-bond donors (Lipinski definition) is 1. The van der Waals surface area contributed by atoms with Crippen LogP contribution >= 0.6 is 0 Å². The third-order valence-corrected chi connectivity index (χ3v) is 4.21. The molecule has 0 amide bonds. The summed E-state index contributed by atoms with van der Waals surface area (Å²) in [6.45, 7) is 6.45. The normalized spacial score (nSPS) is 21.4. The van der Waals surface area contributed by atoms with E-state index in [1.165, 1.54) is 24.2 Å². The molecule has 0 aliphatic carbocycles. The lowest BCUT2D eigenvalue weighted by Gasteiger charge is -2.31. The molecule has 1 heterocycles. The van der Waals surface area contributed by atoms with E-state index >= 15 is 0 Å². The van der Waals surface area contributed by atoms with Crippen LogP contribution < -0.4 is 10.6 Å². The van der Waals surface area contributed by atoms with Crippen LogP contribution in [0.4, 0.5) is 5.69 Å². The molecule has 0 radical (unpaired) electrons. The summed E-state index contributed by atoms with van der Waals surface area (Å²) in [6.07, 6.45) is 3.42. The van der Waals surface area contributed by atoms with Crippen molar-refractivity contribution in [3.8, 4) is 0 Å². The number of benzene rings is 1. The SMILES string of the molecule is CCc1ccccc1N1CCCN(C)C(CCN)C1. The van der Waals surface area contributed by atoms with Crippen molar-refractivity contribution in [2.24, 2.45) is 5.73 Å². The molecular weight excluding hydrogens is 234 g/mol. The first-order valence-corrected chi connectivity index (χ1v) is 7.49. The molecule has 0 spiro atoms. The Labute approximate surface area is 117 Å². The van der Waals surface area contributed by atoms with Crippen LogP contribution in [0.1, 0.15) is 25.3 Å². The number of nitrogens with two attached hydrogens (primary N) is 1. The van der Waals surface area contributed by atoms with Crippen molar-refractivity contribution in [2.75, 3.05) is 38.1 Å². The van der Waals surface area contributed by atoms with E-state index in [-0.39, 0.29) is 0 Å². The van der Waals surface area contributed by atoms with Gasteiger partial charge in [-0.2, -0.15) is 0 Å². The van der Waals surface area contributed by atoms with E-state index in [1.807, 2.05) is 0 Å². The zero-order chi connectivity index (χ0) is 13.7. The van der Waals surface area contributed by atoms with Gasteiger partial charge in [0.15, 0.2) is 0 Å². The summed E-state index contributed by atoms with van der Waals surface area (Å²) in [5.74, 6) is 0. The molecule has 2 N–H and O–H groups in total. The average Bonchev–Trinajstić information content (AvgIpc) is 2.62. The van der Waals surface area contributed by atoms with E-state index in [9.17, 15) is 0 Å². The summed E-state index contributed by atoms with van der Waals surface area (Å²) in [5, 5.41) is 0. The van der Waals surface area contributed by atoms with Crippen molar-refractivity contribution in [2.45, 2.75) is 32.2 Å². The molecule has 106 valence electrons. The Morgan fingerprint density at radius 3 is 2.79 bits per heavy atom. The predicted octanol–water partition coefficient (Wildman–Crippen LogP) is 2.11. The highest BCUT2D eigenvalue weighted by atomic mass is 15.2. The summed E-state index contributed by atoms with van der Waals surface area (Å²) in [5.41, 5.74) is 8.64. The van der Waals surface area contributed by atoms with Crippen molar-refractivity contribution >= 4 is 5.69 Å². The van der Waals surface area contributed by atoms with Crippen molar-refractivity contribution in [3.05, 3.63) is 29.8 Å². The van der Waals surface area contributed by atoms with Crippen LogP contribution in [0.25, 0.3) is 0 Å². The Morgan fingerprint density at radius 2 is 2.05 bits per heavy atom. The van der Waals surface area contributed by atoms with Gasteiger partial charge in [-0.25, -0.2) is 0 Å². The largest absolute Gasteiger partial charge is 0.370 e. The highest BCUT2D eigenvalue weighted by molar-refractivity contribution is 5.54. The molecule has 1 aromatic carbocycles. The van der Waals surface area contributed by atoms with Crippen LogP contribution in [0.15, 0.2) is 24.3 Å². The van der Waals surface area contributed by atoms with E-state index in [4.69, 9.17) is 5.73 Å². The summed E-state index contributed by atoms with van der Waals surface area (Å²) < 4.78 is 0. The summed E-state index contributed by atoms with van der Waals surface area (Å²) >= 11 is 0. The number of hydrogen-bond acceptors (Lipinski definition) is 3. The fourth-order valence-corrected chi connectivity index (χ4v) is 3.02. The molecule has 3 heteroatoms. The van der Waals surface area contributed by atoms with Crippen molar-refractivity contribution in [1.82, 2.24) is 4.90 Å². The second-order valence-corrected chi connectivity index (χ2v) is 5.49. The lowest BCUT2D eigenvalue weighted by molar-refractivity contribution is 0.251. The highest BCUT2D eigenvalue weighted by Crippen LogP contribution is 2.24. The van der Waals surface area contributed by atoms with E-state index in [0.29, 0.717) is 6.04 Å². The zero-order valence-corrected chi connectivity index (χ0v) is 12.3. The number of aryl methyl sites for hydroxylation is 1. The molecular formula is C16H27N3. The minimum atomic E-state index is 0.581. The molecule has 3 nitrogen and oxygen atoms in total. The molecule has 2 rings (SSSR count). The standard InChI is InChI=1S/C16H27N3/c1-3-14-7-4-5-8-16(14)19-12-6-11-18(2)15(13-19)9-10-17/h4-5,7-8,15H,3,6,9-13,17H2,1-2H3. The number of rotatable bonds is 4. The first-order chi connectivity index (χ1) is 9.26. The molecule has 1 unspecified atom stereocenters. The summed E-state index contributed by atoms with van der Waals surface area (Å²) in [7, 11) is 2.23. The van der Waals surface area contributed by atoms with Crippen LogP contribution in [0.3, 0.4) is 0 Å². The fourth-order valence-electron chi connectivity index (χ4n) is 3.02. The Morgan fingerprint density at radius 1 is 1.26 bits per heavy atom. The smallest absolute Gasteiger partial charge is 0.0399 e. The number of nitrogens with zero attached hydrogens (tertiary/aromatic N) is 2. The maximum atomic E-state index is 5.77. The number of likely N-dealkylation sites (N-methyl/N-ethyl adjacent to an activating group) is 1. The Balaban J connectivity index is 2.18. The molecule has 1 saturated heterocycles. The first-order valence-electron chi connectivity index (χ1n) is 7.49. The number of anilines is 1. The van der Waals surface area contributed by atoms with Crippen molar-refractivity contribution < 1.29 is 0 Å². The minimum Gasteiger partial charge on any atom is -0.370 e. The van der Waals surface area contributed by atoms with Crippen LogP contribution in [-0.4, -0.2) is 44.2 Å². The van der Waals surface area contributed by atoms with Gasteiger partial charge in [0, 0.05) is 24.8 Å². The van der Waals surface area contributed by atoms with Crippen molar-refractivity contribution in [3.63, 3.8) is 0 Å². The van der Waals surface area contributed by atoms with Gasteiger partial charge in [0.1, 0.15) is 0 Å². The van der Waals surface area contributed by atoms with E-state index in [2.05, 4.69) is 48.0 Å². The zero-order valence-electron chi connectivity index (χ0n) is 12.3. The Kier molecular flexibility index (Phi) is 5.23. The monoisotopic (exact) mass is 261 g/mol. The quantitative estimate of drug-likeness (QED) is 0.901. The molecule has 0 saturated carbocycles. The topological polar surface area (TPSA) is 32.5 Å². The molecule has 1 fully saturated rings. The molecule has 1 aromatic rings. The van der Waals surface area contributed by atoms with Gasteiger partial charge in [-0.1, -0.05) is 25.1 Å². The minimum absolute atomic E-state index is 0.581. The fraction of sp³-hybridized carbons (Fsp3) is 0.625. The van der Waals surface area contributed by atoms with E-state index in [0.717, 1.165) is 32.5 Å². The first kappa shape index (κ1) is 14.4. The predicted molar refractivity (Wildman–Crippen MR) is 82.7 cm³/mol. The molecule has 0 aromatic heterocycles. The Bertz CT molecular complexity index is 391. The third-order valence-electron chi connectivity index (χ3n) is 4.21. The molecule has 1 atom stereocenters. The van der Waals surface area contributed by atoms with E-state index in [1.54, 1.807) is 0 Å². The lowest BCUT2D eigenvalue weighted by atomic mass is 10.1. The van der Waals surface area contributed by atoms with E-state index < -0.39 is 0 Å². The van der Waals surface area contributed by atoms with Gasteiger partial charge in [0.25, 0.3) is 0 Å². The molecule has 1 aliphatic rings. The third kappa shape index (κ3) is 3.48. The lowest BCUT2D eigenvalue weighted by Crippen LogP contribution is -2.40. The maximum absolute atomic E-state index is 5.77. The van der Waals surface area contributed by atoms with Gasteiger partial charge >= 0.3 is 0 Å². The average molecular weight is 261 g/mol. The van der Waals surface area contributed by atoms with Crippen LogP contribution in [0, 0.1) is 0 Å². The molecule has 0 bridgehead atoms. The molecule has 19 heavy (non-hydrogen) atoms. The van der Waals surface area contributed by atoms with Crippen LogP contribution in [0.5, 0.6) is 0 Å². The maximum Gasteiger partial charge on any atom is 0.0399 e. The van der Waals surface area contributed by atoms with Gasteiger partial charge in [-0.15, -0.1) is 0 Å². The number of para-hydroxylation sites is 1. The summed E-state index contributed by atoms with van der Waals surface area (Å²) in [4.78, 5) is 5.03. The second-order valence-electron chi connectivity index (χ2n) is 5.49. The van der Waals surface area contributed by atoms with Crippen molar-refractivity contribution in [1.29, 1.82) is 0 Å². The highest BCUT2D eigenvalue weighted by Gasteiger charge is 2.22. The van der Waals surface area contributed by atoms with Gasteiger partial charge in [0.05, 0.1) is 0 Å².